The zero-order valence-electron chi connectivity index (χ0n) is 17.6. The van der Waals surface area contributed by atoms with E-state index in [9.17, 15) is 0 Å². The van der Waals surface area contributed by atoms with E-state index in [-0.39, 0.29) is 0 Å². The van der Waals surface area contributed by atoms with Crippen LogP contribution in [0.15, 0.2) is 115 Å². The van der Waals surface area contributed by atoms with Gasteiger partial charge in [-0.25, -0.2) is 0 Å². The molecule has 0 unspecified atom stereocenters. The van der Waals surface area contributed by atoms with Crippen LogP contribution >= 0.6 is 20.8 Å². The van der Waals surface area contributed by atoms with Gasteiger partial charge in [-0.1, -0.05) is 13.8 Å². The number of halogens is 1. The summed E-state index contributed by atoms with van der Waals surface area (Å²) in [5, 5.41) is 0.921. The molecule has 0 radical (unpaired) electrons. The normalized spacial score (nSPS) is 12.2. The van der Waals surface area contributed by atoms with Crippen molar-refractivity contribution in [3.8, 4) is 0 Å². The number of nitrogen functional groups attached to an aromatic ring is 1. The Morgan fingerprint density at radius 2 is 0.900 bits per heavy atom. The molecule has 0 saturated heterocycles. The molecular formula is C27H29BrNP. The third-order valence-corrected chi connectivity index (χ3v) is 14.9. The van der Waals surface area contributed by atoms with Gasteiger partial charge in [0.05, 0.1) is 0 Å². The first-order chi connectivity index (χ1) is 14.6. The summed E-state index contributed by atoms with van der Waals surface area (Å²) >= 11 is 4.46. The fraction of sp³-hybridized carbons (Fsp3) is 0.111. The second kappa shape index (κ2) is 9.60. The number of nitrogens with two attached hydrogens (primary N) is 1. The molecule has 30 heavy (non-hydrogen) atoms. The molecular weight excluding hydrogens is 449 g/mol. The van der Waals surface area contributed by atoms with E-state index in [1.807, 2.05) is 26.0 Å². The van der Waals surface area contributed by atoms with Crippen LogP contribution in [0.4, 0.5) is 5.69 Å². The maximum atomic E-state index is 6.42. The SMILES string of the molecule is CC.Nc1ccccc1CP(Br)(c1ccccc1)(c1ccccc1)c1ccccc1. The third kappa shape index (κ3) is 3.95. The van der Waals surface area contributed by atoms with Gasteiger partial charge >= 0.3 is 175 Å². The van der Waals surface area contributed by atoms with Crippen molar-refractivity contribution < 1.29 is 0 Å². The van der Waals surface area contributed by atoms with Crippen LogP contribution < -0.4 is 21.6 Å². The summed E-state index contributed by atoms with van der Waals surface area (Å²) in [6.07, 6.45) is 0.816. The van der Waals surface area contributed by atoms with Crippen LogP contribution in [0.2, 0.25) is 0 Å². The van der Waals surface area contributed by atoms with E-state index >= 15 is 0 Å². The van der Waals surface area contributed by atoms with Crippen molar-refractivity contribution in [1.29, 1.82) is 0 Å². The maximum absolute atomic E-state index is 6.42. The summed E-state index contributed by atoms with van der Waals surface area (Å²) in [5.74, 6) is 0. The van der Waals surface area contributed by atoms with Gasteiger partial charge in [-0.05, 0) is 0 Å². The summed E-state index contributed by atoms with van der Waals surface area (Å²) < 4.78 is 0. The Morgan fingerprint density at radius 3 is 1.27 bits per heavy atom. The molecule has 2 N–H and O–H groups in total. The molecule has 1 nitrogen and oxygen atoms in total. The van der Waals surface area contributed by atoms with Crippen LogP contribution in [-0.4, -0.2) is 0 Å². The van der Waals surface area contributed by atoms with Crippen molar-refractivity contribution in [1.82, 2.24) is 0 Å². The van der Waals surface area contributed by atoms with E-state index in [4.69, 9.17) is 5.73 Å². The van der Waals surface area contributed by atoms with Gasteiger partial charge < -0.3 is 0 Å². The van der Waals surface area contributed by atoms with Crippen LogP contribution in [0.5, 0.6) is 0 Å². The molecule has 0 bridgehead atoms. The molecule has 0 aliphatic heterocycles. The number of hydrogen-bond donors (Lipinski definition) is 1. The molecule has 3 heteroatoms. The van der Waals surface area contributed by atoms with Crippen LogP contribution in [0.3, 0.4) is 0 Å². The molecule has 0 fully saturated rings. The van der Waals surface area contributed by atoms with Crippen LogP contribution in [0, 0.1) is 0 Å². The second-order valence-corrected chi connectivity index (χ2v) is 16.0. The molecule has 0 saturated carbocycles. The molecule has 0 heterocycles. The first kappa shape index (κ1) is 22.3. The second-order valence-electron chi connectivity index (χ2n) is 7.05. The molecule has 0 atom stereocenters. The van der Waals surface area contributed by atoms with E-state index < -0.39 is 5.31 Å². The predicted molar refractivity (Wildman–Crippen MR) is 140 cm³/mol. The average molecular weight is 478 g/mol. The minimum atomic E-state index is -2.98. The summed E-state index contributed by atoms with van der Waals surface area (Å²) in [6.45, 7) is 4.00. The number of hydrogen-bond acceptors (Lipinski definition) is 1. The van der Waals surface area contributed by atoms with Crippen LogP contribution in [0.25, 0.3) is 0 Å². The molecule has 4 rings (SSSR count). The van der Waals surface area contributed by atoms with E-state index in [1.54, 1.807) is 0 Å². The molecule has 0 aliphatic rings. The van der Waals surface area contributed by atoms with Gasteiger partial charge in [-0.2, -0.15) is 0 Å². The van der Waals surface area contributed by atoms with Crippen molar-refractivity contribution in [2.45, 2.75) is 20.0 Å². The molecule has 4 aromatic carbocycles. The van der Waals surface area contributed by atoms with Gasteiger partial charge in [0, 0.05) is 0 Å². The number of para-hydroxylation sites is 1. The topological polar surface area (TPSA) is 26.0 Å². The van der Waals surface area contributed by atoms with E-state index in [0.29, 0.717) is 0 Å². The molecule has 0 aromatic heterocycles. The fourth-order valence-corrected chi connectivity index (χ4v) is 11.6. The van der Waals surface area contributed by atoms with Gasteiger partial charge in [0.2, 0.25) is 0 Å². The minimum absolute atomic E-state index is 0.816. The Bertz CT molecular complexity index is 966. The first-order valence-electron chi connectivity index (χ1n) is 10.4. The molecule has 154 valence electrons. The van der Waals surface area contributed by atoms with Gasteiger partial charge in [0.1, 0.15) is 0 Å². The van der Waals surface area contributed by atoms with Crippen LogP contribution in [0.1, 0.15) is 19.4 Å². The van der Waals surface area contributed by atoms with Gasteiger partial charge in [0.25, 0.3) is 0 Å². The third-order valence-electron chi connectivity index (χ3n) is 5.41. The van der Waals surface area contributed by atoms with Crippen molar-refractivity contribution in [2.24, 2.45) is 0 Å². The van der Waals surface area contributed by atoms with Crippen molar-refractivity contribution >= 4 is 42.4 Å². The van der Waals surface area contributed by atoms with Gasteiger partial charge in [-0.15, -0.1) is 0 Å². The van der Waals surface area contributed by atoms with Gasteiger partial charge in [-0.3, -0.25) is 0 Å². The Hall–Kier alpha value is -2.41. The Labute approximate surface area is 188 Å². The van der Waals surface area contributed by atoms with Crippen molar-refractivity contribution in [2.75, 3.05) is 5.73 Å². The predicted octanol–water partition coefficient (Wildman–Crippen LogP) is 6.63. The number of anilines is 1. The summed E-state index contributed by atoms with van der Waals surface area (Å²) in [7, 11) is 0. The average Bonchev–Trinajstić information content (AvgIpc) is 2.84. The Morgan fingerprint density at radius 1 is 0.567 bits per heavy atom. The van der Waals surface area contributed by atoms with E-state index in [2.05, 4.69) is 119 Å². The molecule has 0 amide bonds. The fourth-order valence-electron chi connectivity index (χ4n) is 3.94. The molecule has 4 aromatic rings. The standard InChI is InChI=1S/C25H23BrNP.C2H6/c26-28(22-13-4-1-5-14-22,23-15-6-2-7-16-23,24-17-8-3-9-18-24)20-21-12-10-11-19-25(21)27;1-2/h1-19H,20,27H2;1-2H3. The summed E-state index contributed by atoms with van der Waals surface area (Å²) in [4.78, 5) is 0. The number of rotatable bonds is 5. The summed E-state index contributed by atoms with van der Waals surface area (Å²) in [5.41, 5.74) is 8.41. The van der Waals surface area contributed by atoms with E-state index in [0.717, 1.165) is 17.4 Å². The zero-order chi connectivity index (χ0) is 21.5. The Kier molecular flexibility index (Phi) is 7.13. The monoisotopic (exact) mass is 477 g/mol. The van der Waals surface area contributed by atoms with Crippen molar-refractivity contribution in [3.63, 3.8) is 0 Å². The van der Waals surface area contributed by atoms with Crippen molar-refractivity contribution in [3.05, 3.63) is 121 Å². The van der Waals surface area contributed by atoms with Gasteiger partial charge in [0.15, 0.2) is 0 Å². The first-order valence-corrected chi connectivity index (χ1v) is 14.8. The zero-order valence-corrected chi connectivity index (χ0v) is 20.1. The molecule has 0 aliphatic carbocycles. The van der Waals surface area contributed by atoms with E-state index in [1.165, 1.54) is 15.9 Å². The number of benzene rings is 4. The Balaban J connectivity index is 0.00000124. The quantitative estimate of drug-likeness (QED) is 0.253. The molecule has 0 spiro atoms. The summed E-state index contributed by atoms with van der Waals surface area (Å²) in [6, 6.07) is 40.6. The van der Waals surface area contributed by atoms with Crippen LogP contribution in [-0.2, 0) is 6.16 Å².